The van der Waals surface area contributed by atoms with Gasteiger partial charge in [-0.25, -0.2) is 13.2 Å². The smallest absolute Gasteiger partial charge is 0.411 e. The molecule has 1 saturated heterocycles. The fourth-order valence-corrected chi connectivity index (χ4v) is 4.98. The van der Waals surface area contributed by atoms with Crippen molar-refractivity contribution in [3.8, 4) is 5.75 Å². The van der Waals surface area contributed by atoms with Crippen LogP contribution in [-0.2, 0) is 14.8 Å². The average Bonchev–Trinajstić information content (AvgIpc) is 2.81. The Balaban J connectivity index is 1.65. The van der Waals surface area contributed by atoms with Crippen molar-refractivity contribution in [2.24, 2.45) is 0 Å². The zero-order chi connectivity index (χ0) is 23.7. The van der Waals surface area contributed by atoms with Crippen molar-refractivity contribution in [2.45, 2.75) is 18.7 Å². The molecule has 0 aromatic heterocycles. The van der Waals surface area contributed by atoms with Crippen molar-refractivity contribution >= 4 is 27.9 Å². The van der Waals surface area contributed by atoms with Crippen LogP contribution in [-0.4, -0.2) is 69.7 Å². The highest BCUT2D eigenvalue weighted by Crippen LogP contribution is 2.30. The van der Waals surface area contributed by atoms with E-state index in [4.69, 9.17) is 9.47 Å². The molecule has 1 aliphatic heterocycles. The highest BCUT2D eigenvalue weighted by atomic mass is 32.2. The van der Waals surface area contributed by atoms with Crippen LogP contribution in [0.25, 0.3) is 6.08 Å². The third-order valence-corrected chi connectivity index (χ3v) is 7.10. The molecule has 0 atom stereocenters. The minimum atomic E-state index is -3.71. The Kier molecular flexibility index (Phi) is 8.87. The average molecular weight is 474 g/mol. The number of carbonyl (C=O) groups is 1. The molecule has 1 aliphatic rings. The summed E-state index contributed by atoms with van der Waals surface area (Å²) in [5.74, 6) is 0.388. The maximum Gasteiger partial charge on any atom is 0.411 e. The minimum Gasteiger partial charge on any atom is -0.492 e. The Bertz CT molecular complexity index is 1050. The van der Waals surface area contributed by atoms with Gasteiger partial charge in [0.15, 0.2) is 0 Å². The molecule has 0 unspecified atom stereocenters. The van der Waals surface area contributed by atoms with Crippen LogP contribution in [0, 0.1) is 0 Å². The number of sulfonamides is 1. The van der Waals surface area contributed by atoms with E-state index in [0.29, 0.717) is 38.5 Å². The number of piperazine rings is 1. The first-order valence-electron chi connectivity index (χ1n) is 11.1. The van der Waals surface area contributed by atoms with Gasteiger partial charge in [0.05, 0.1) is 23.8 Å². The summed E-state index contributed by atoms with van der Waals surface area (Å²) >= 11 is 0. The molecular weight excluding hydrogens is 442 g/mol. The lowest BCUT2D eigenvalue weighted by molar-refractivity contribution is 0.167. The first-order valence-corrected chi connectivity index (χ1v) is 12.5. The van der Waals surface area contributed by atoms with Gasteiger partial charge in [0, 0.05) is 32.7 Å². The Labute approximate surface area is 195 Å². The number of hydrogen-bond acceptors (Lipinski definition) is 6. The van der Waals surface area contributed by atoms with Crippen LogP contribution in [0.4, 0.5) is 10.5 Å². The molecule has 8 nitrogen and oxygen atoms in total. The van der Waals surface area contributed by atoms with E-state index in [9.17, 15) is 13.2 Å². The van der Waals surface area contributed by atoms with Crippen molar-refractivity contribution in [1.29, 1.82) is 0 Å². The van der Waals surface area contributed by atoms with Crippen molar-refractivity contribution in [3.05, 3.63) is 60.2 Å². The van der Waals surface area contributed by atoms with Crippen LogP contribution in [0.3, 0.4) is 0 Å². The van der Waals surface area contributed by atoms with E-state index in [1.165, 1.54) is 16.4 Å². The van der Waals surface area contributed by atoms with E-state index >= 15 is 0 Å². The summed E-state index contributed by atoms with van der Waals surface area (Å²) in [5, 5.41) is 2.57. The summed E-state index contributed by atoms with van der Waals surface area (Å²) in [6.45, 7) is 6.94. The fourth-order valence-electron chi connectivity index (χ4n) is 3.53. The molecule has 1 N–H and O–H groups in total. The molecule has 3 rings (SSSR count). The zero-order valence-corrected chi connectivity index (χ0v) is 19.9. The summed E-state index contributed by atoms with van der Waals surface area (Å²) in [5.41, 5.74) is 1.41. The van der Waals surface area contributed by atoms with Crippen LogP contribution < -0.4 is 10.1 Å². The summed E-state index contributed by atoms with van der Waals surface area (Å²) in [7, 11) is -3.71. The van der Waals surface area contributed by atoms with E-state index in [1.807, 2.05) is 37.3 Å². The highest BCUT2D eigenvalue weighted by Gasteiger charge is 2.29. The SMILES string of the molecule is CCOC(=O)Nc1cc(S(=O)(=O)N2CCN(C/C=C/c3ccccc3)CC2)ccc1OCC. The topological polar surface area (TPSA) is 88.2 Å². The normalized spacial score (nSPS) is 15.5. The third kappa shape index (κ3) is 6.80. The molecule has 1 fully saturated rings. The molecule has 1 amide bonds. The number of carbonyl (C=O) groups excluding carboxylic acids is 1. The first-order chi connectivity index (χ1) is 15.9. The molecule has 1 heterocycles. The lowest BCUT2D eigenvalue weighted by Gasteiger charge is -2.33. The molecule has 2 aromatic carbocycles. The predicted molar refractivity (Wildman–Crippen MR) is 129 cm³/mol. The van der Waals surface area contributed by atoms with Crippen molar-refractivity contribution in [1.82, 2.24) is 9.21 Å². The van der Waals surface area contributed by atoms with Crippen molar-refractivity contribution in [2.75, 3.05) is 51.3 Å². The van der Waals surface area contributed by atoms with Crippen molar-refractivity contribution in [3.63, 3.8) is 0 Å². The van der Waals surface area contributed by atoms with Gasteiger partial charge in [-0.2, -0.15) is 4.31 Å². The van der Waals surface area contributed by atoms with Crippen LogP contribution in [0.1, 0.15) is 19.4 Å². The molecule has 0 bridgehead atoms. The van der Waals surface area contributed by atoms with E-state index in [1.54, 1.807) is 13.0 Å². The number of amides is 1. The van der Waals surface area contributed by atoms with Crippen LogP contribution >= 0.6 is 0 Å². The number of nitrogens with one attached hydrogen (secondary N) is 1. The standard InChI is InChI=1S/C24H31N3O5S/c1-3-31-23-13-12-21(19-22(23)25-24(28)32-4-2)33(29,30)27-17-15-26(16-18-27)14-8-11-20-9-6-5-7-10-20/h5-13,19H,3-4,14-18H2,1-2H3,(H,25,28)/b11-8+. The maximum atomic E-state index is 13.2. The second kappa shape index (κ2) is 11.8. The number of hydrogen-bond donors (Lipinski definition) is 1. The molecular formula is C24H31N3O5S. The van der Waals surface area contributed by atoms with Gasteiger partial charge in [-0.15, -0.1) is 0 Å². The number of anilines is 1. The maximum absolute atomic E-state index is 13.2. The molecule has 0 saturated carbocycles. The quantitative estimate of drug-likeness (QED) is 0.598. The third-order valence-electron chi connectivity index (χ3n) is 5.21. The van der Waals surface area contributed by atoms with Gasteiger partial charge < -0.3 is 9.47 Å². The molecule has 0 spiro atoms. The van der Waals surface area contributed by atoms with E-state index in [2.05, 4.69) is 22.4 Å². The van der Waals surface area contributed by atoms with Gasteiger partial charge >= 0.3 is 6.09 Å². The van der Waals surface area contributed by atoms with Crippen LogP contribution in [0.2, 0.25) is 0 Å². The second-order valence-electron chi connectivity index (χ2n) is 7.45. The van der Waals surface area contributed by atoms with Gasteiger partial charge in [-0.3, -0.25) is 10.2 Å². The van der Waals surface area contributed by atoms with Gasteiger partial charge in [0.25, 0.3) is 0 Å². The second-order valence-corrected chi connectivity index (χ2v) is 9.39. The van der Waals surface area contributed by atoms with Gasteiger partial charge in [-0.1, -0.05) is 42.5 Å². The largest absolute Gasteiger partial charge is 0.492 e. The molecule has 0 aliphatic carbocycles. The Morgan fingerprint density at radius 1 is 1.03 bits per heavy atom. The zero-order valence-electron chi connectivity index (χ0n) is 19.1. The van der Waals surface area contributed by atoms with E-state index in [0.717, 1.165) is 12.1 Å². The minimum absolute atomic E-state index is 0.107. The highest BCUT2D eigenvalue weighted by molar-refractivity contribution is 7.89. The number of rotatable bonds is 9. The first kappa shape index (κ1) is 24.8. The Morgan fingerprint density at radius 2 is 1.76 bits per heavy atom. The Morgan fingerprint density at radius 3 is 2.42 bits per heavy atom. The van der Waals surface area contributed by atoms with Gasteiger partial charge in [0.1, 0.15) is 5.75 Å². The number of nitrogens with zero attached hydrogens (tertiary/aromatic N) is 2. The summed E-state index contributed by atoms with van der Waals surface area (Å²) in [4.78, 5) is 14.2. The van der Waals surface area contributed by atoms with E-state index < -0.39 is 16.1 Å². The summed E-state index contributed by atoms with van der Waals surface area (Å²) in [6, 6.07) is 14.6. The molecule has 33 heavy (non-hydrogen) atoms. The summed E-state index contributed by atoms with van der Waals surface area (Å²) < 4.78 is 38.4. The molecule has 178 valence electrons. The number of benzene rings is 2. The van der Waals surface area contributed by atoms with E-state index in [-0.39, 0.29) is 17.2 Å². The lowest BCUT2D eigenvalue weighted by Crippen LogP contribution is -2.48. The van der Waals surface area contributed by atoms with Crippen molar-refractivity contribution < 1.29 is 22.7 Å². The molecule has 0 radical (unpaired) electrons. The van der Waals surface area contributed by atoms with Gasteiger partial charge in [-0.05, 0) is 37.6 Å². The lowest BCUT2D eigenvalue weighted by atomic mass is 10.2. The molecule has 2 aromatic rings. The predicted octanol–water partition coefficient (Wildman–Crippen LogP) is 3.67. The van der Waals surface area contributed by atoms with Crippen LogP contribution in [0.5, 0.6) is 5.75 Å². The summed E-state index contributed by atoms with van der Waals surface area (Å²) in [6.07, 6.45) is 3.51. The Hall–Kier alpha value is -2.88. The number of ether oxygens (including phenoxy) is 2. The fraction of sp³-hybridized carbons (Fsp3) is 0.375. The monoisotopic (exact) mass is 473 g/mol. The van der Waals surface area contributed by atoms with Crippen LogP contribution in [0.15, 0.2) is 59.5 Å². The van der Waals surface area contributed by atoms with Gasteiger partial charge in [0.2, 0.25) is 10.0 Å². The molecule has 9 heteroatoms.